The standard InChI is InChI=1S/C42H52O9P2S2/c1-43-35-33(27-52(54,29-19-11-7-12-20-29)30-21-13-8-14-22-30)49-41(39(47-5)37(35)45-3)51-42-40(48-6)38(46-4)36(44-2)34(50-42)28-53(55,31-23-15-9-16-24-31)32-25-17-10-18-26-32/h7-26,33-42H,27-28H2,1-6H3/t33-,34-,35-,36-,37+,38+,39-,40-,41-,42-/m1/s1. The summed E-state index contributed by atoms with van der Waals surface area (Å²) in [5.41, 5.74) is 0. The lowest BCUT2D eigenvalue weighted by molar-refractivity contribution is -0.377. The number of rotatable bonds is 16. The second-order valence-electron chi connectivity index (χ2n) is 13.6. The van der Waals surface area contributed by atoms with Crippen LogP contribution in [-0.2, 0) is 66.2 Å². The average Bonchev–Trinajstić information content (AvgIpc) is 3.24. The third kappa shape index (κ3) is 8.96. The molecule has 55 heavy (non-hydrogen) atoms. The summed E-state index contributed by atoms with van der Waals surface area (Å²) >= 11 is 13.3. The fraction of sp³-hybridized carbons (Fsp3) is 0.429. The summed E-state index contributed by atoms with van der Waals surface area (Å²) in [4.78, 5) is 0. The zero-order chi connectivity index (χ0) is 39.0. The van der Waals surface area contributed by atoms with Crippen LogP contribution in [0.5, 0.6) is 0 Å². The van der Waals surface area contributed by atoms with E-state index in [0.717, 1.165) is 21.2 Å². The van der Waals surface area contributed by atoms with Crippen molar-refractivity contribution in [2.24, 2.45) is 0 Å². The Morgan fingerprint density at radius 1 is 0.400 bits per heavy atom. The Labute approximate surface area is 335 Å². The highest BCUT2D eigenvalue weighted by molar-refractivity contribution is 8.22. The molecule has 0 radical (unpaired) electrons. The molecule has 10 atom stereocenters. The van der Waals surface area contributed by atoms with E-state index in [0.29, 0.717) is 12.3 Å². The predicted molar refractivity (Wildman–Crippen MR) is 226 cm³/mol. The molecule has 9 nitrogen and oxygen atoms in total. The quantitative estimate of drug-likeness (QED) is 0.146. The first-order valence-corrected chi connectivity index (χ1v) is 24.3. The Morgan fingerprint density at radius 3 is 0.891 bits per heavy atom. The summed E-state index contributed by atoms with van der Waals surface area (Å²) in [6, 6.07) is 36.1. The number of hydrogen-bond donors (Lipinski definition) is 0. The van der Waals surface area contributed by atoms with Crippen LogP contribution in [-0.4, -0.2) is 116 Å². The van der Waals surface area contributed by atoms with Gasteiger partial charge in [0.2, 0.25) is 0 Å². The number of ether oxygens (including phenoxy) is 9. The van der Waals surface area contributed by atoms with Gasteiger partial charge in [-0.05, 0) is 21.2 Å². The molecule has 2 heterocycles. The van der Waals surface area contributed by atoms with Crippen molar-refractivity contribution in [3.05, 3.63) is 121 Å². The van der Waals surface area contributed by atoms with Gasteiger partial charge in [0.05, 0.1) is 12.2 Å². The van der Waals surface area contributed by atoms with Gasteiger partial charge in [0, 0.05) is 67.1 Å². The first-order chi connectivity index (χ1) is 26.8. The van der Waals surface area contributed by atoms with Crippen molar-refractivity contribution in [1.82, 2.24) is 0 Å². The monoisotopic (exact) mass is 826 g/mol. The maximum Gasteiger partial charge on any atom is 0.189 e. The second kappa shape index (κ2) is 19.5. The maximum absolute atomic E-state index is 6.94. The molecule has 0 bridgehead atoms. The predicted octanol–water partition coefficient (Wildman–Crippen LogP) is 4.80. The van der Waals surface area contributed by atoms with Gasteiger partial charge in [0.1, 0.15) is 36.6 Å². The Balaban J connectivity index is 1.36. The molecule has 4 aromatic carbocycles. The molecule has 296 valence electrons. The van der Waals surface area contributed by atoms with Gasteiger partial charge in [-0.2, -0.15) is 0 Å². The smallest absolute Gasteiger partial charge is 0.189 e. The van der Waals surface area contributed by atoms with Crippen LogP contribution in [0.25, 0.3) is 0 Å². The summed E-state index contributed by atoms with van der Waals surface area (Å²) in [6.45, 7) is 0. The van der Waals surface area contributed by atoms with Crippen LogP contribution in [0.4, 0.5) is 0 Å². The molecule has 6 rings (SSSR count). The molecule has 13 heteroatoms. The highest BCUT2D eigenvalue weighted by Gasteiger charge is 2.54. The highest BCUT2D eigenvalue weighted by Crippen LogP contribution is 2.49. The Hall–Kier alpha value is -2.18. The van der Waals surface area contributed by atoms with E-state index < -0.39 is 73.5 Å². The summed E-state index contributed by atoms with van der Waals surface area (Å²) in [6.07, 6.45) is -5.61. The number of benzene rings is 4. The average molecular weight is 827 g/mol. The van der Waals surface area contributed by atoms with Crippen molar-refractivity contribution in [3.8, 4) is 0 Å². The third-order valence-corrected chi connectivity index (χ3v) is 20.4. The van der Waals surface area contributed by atoms with E-state index in [1.165, 1.54) is 0 Å². The molecule has 0 unspecified atom stereocenters. The number of hydrogen-bond acceptors (Lipinski definition) is 11. The van der Waals surface area contributed by atoms with Crippen molar-refractivity contribution >= 4 is 56.9 Å². The lowest BCUT2D eigenvalue weighted by atomic mass is 9.97. The van der Waals surface area contributed by atoms with E-state index in [1.54, 1.807) is 42.7 Å². The summed E-state index contributed by atoms with van der Waals surface area (Å²) in [7, 11) is 9.80. The van der Waals surface area contributed by atoms with Gasteiger partial charge in [-0.15, -0.1) is 0 Å². The molecule has 0 aliphatic carbocycles. The highest BCUT2D eigenvalue weighted by atomic mass is 32.4. The fourth-order valence-corrected chi connectivity index (χ4v) is 15.9. The van der Waals surface area contributed by atoms with E-state index >= 15 is 0 Å². The van der Waals surface area contributed by atoms with Crippen LogP contribution in [0.3, 0.4) is 0 Å². The molecule has 2 aliphatic rings. The van der Waals surface area contributed by atoms with Crippen LogP contribution in [0, 0.1) is 0 Å². The van der Waals surface area contributed by atoms with E-state index in [9.17, 15) is 0 Å². The summed E-state index contributed by atoms with van der Waals surface area (Å²) in [5.74, 6) is 0. The molecule has 0 spiro atoms. The number of methoxy groups -OCH3 is 6. The molecule has 0 amide bonds. The van der Waals surface area contributed by atoms with Crippen molar-refractivity contribution in [2.75, 3.05) is 55.0 Å². The minimum atomic E-state index is -2.44. The lowest BCUT2D eigenvalue weighted by Gasteiger charge is -2.49. The van der Waals surface area contributed by atoms with Crippen LogP contribution < -0.4 is 21.2 Å². The zero-order valence-electron chi connectivity index (χ0n) is 32.1. The Morgan fingerprint density at radius 2 is 0.655 bits per heavy atom. The zero-order valence-corrected chi connectivity index (χ0v) is 35.5. The van der Waals surface area contributed by atoms with Crippen molar-refractivity contribution in [2.45, 2.75) is 61.4 Å². The minimum Gasteiger partial charge on any atom is -0.376 e. The van der Waals surface area contributed by atoms with Crippen LogP contribution >= 0.6 is 12.1 Å². The topological polar surface area (TPSA) is 83.1 Å². The van der Waals surface area contributed by atoms with Gasteiger partial charge < -0.3 is 42.6 Å². The lowest BCUT2D eigenvalue weighted by Crippen LogP contribution is -2.65. The van der Waals surface area contributed by atoms with E-state index in [-0.39, 0.29) is 0 Å². The minimum absolute atomic E-state index is 0.483. The molecule has 4 aromatic rings. The van der Waals surface area contributed by atoms with E-state index in [1.807, 2.05) is 72.8 Å². The van der Waals surface area contributed by atoms with E-state index in [2.05, 4.69) is 48.5 Å². The Bertz CT molecular complexity index is 1640. The first kappa shape index (κ1) is 42.4. The van der Waals surface area contributed by atoms with Crippen molar-refractivity contribution in [3.63, 3.8) is 0 Å². The fourth-order valence-electron chi connectivity index (χ4n) is 7.91. The molecular formula is C42H52O9P2S2. The van der Waals surface area contributed by atoms with Gasteiger partial charge in [-0.25, -0.2) is 0 Å². The summed E-state index contributed by atoms with van der Waals surface area (Å²) in [5, 5.41) is 4.31. The molecule has 0 saturated carbocycles. The maximum atomic E-state index is 6.94. The van der Waals surface area contributed by atoms with E-state index in [4.69, 9.17) is 66.2 Å². The van der Waals surface area contributed by atoms with Gasteiger partial charge in [0.15, 0.2) is 12.6 Å². The van der Waals surface area contributed by atoms with Gasteiger partial charge in [0.25, 0.3) is 0 Å². The first-order valence-electron chi connectivity index (χ1n) is 18.3. The van der Waals surface area contributed by atoms with Crippen LogP contribution in [0.1, 0.15) is 0 Å². The second-order valence-corrected chi connectivity index (χ2v) is 23.1. The largest absolute Gasteiger partial charge is 0.376 e. The Kier molecular flexibility index (Phi) is 15.1. The molecule has 2 aliphatic heterocycles. The molecule has 2 saturated heterocycles. The van der Waals surface area contributed by atoms with Gasteiger partial charge in [-0.3, -0.25) is 0 Å². The SMILES string of the molecule is CO[C@@H]1[C@@H](OC)[C@@H](O[C@H]2O[C@H](CP(=S)(c3ccccc3)c3ccccc3)[C@@H](OC)[C@H](OC)[C@H]2OC)O[C@H](CP(=S)(c2ccccc2)c2ccccc2)[C@H]1OC. The molecule has 0 aromatic heterocycles. The normalized spacial score (nSPS) is 28.8. The third-order valence-electron chi connectivity index (χ3n) is 10.7. The van der Waals surface area contributed by atoms with Gasteiger partial charge in [-0.1, -0.05) is 145 Å². The molecule has 2 fully saturated rings. The molecular weight excluding hydrogens is 775 g/mol. The van der Waals surface area contributed by atoms with Crippen LogP contribution in [0.15, 0.2) is 121 Å². The van der Waals surface area contributed by atoms with Crippen molar-refractivity contribution < 1.29 is 42.6 Å². The van der Waals surface area contributed by atoms with Crippen LogP contribution in [0.2, 0.25) is 0 Å². The molecule has 0 N–H and O–H groups in total. The summed E-state index contributed by atoms with van der Waals surface area (Å²) < 4.78 is 57.5. The van der Waals surface area contributed by atoms with Gasteiger partial charge >= 0.3 is 0 Å². The van der Waals surface area contributed by atoms with Crippen molar-refractivity contribution in [1.29, 1.82) is 0 Å².